The predicted molar refractivity (Wildman–Crippen MR) is 119 cm³/mol. The molecule has 1 saturated carbocycles. The number of halogens is 2. The van der Waals surface area contributed by atoms with E-state index in [1.165, 1.54) is 35.9 Å². The van der Waals surface area contributed by atoms with Gasteiger partial charge in [0.05, 0.1) is 16.5 Å². The van der Waals surface area contributed by atoms with Gasteiger partial charge in [0.25, 0.3) is 0 Å². The van der Waals surface area contributed by atoms with Crippen molar-refractivity contribution >= 4 is 57.3 Å². The molecular weight excluding hydrogens is 449 g/mol. The first-order chi connectivity index (χ1) is 13.9. The normalized spacial score (nSPS) is 13.8. The van der Waals surface area contributed by atoms with Gasteiger partial charge in [-0.2, -0.15) is 0 Å². The van der Waals surface area contributed by atoms with Crippen molar-refractivity contribution in [1.82, 2.24) is 19.7 Å². The van der Waals surface area contributed by atoms with Gasteiger partial charge in [-0.25, -0.2) is 4.98 Å². The van der Waals surface area contributed by atoms with E-state index in [1.807, 2.05) is 11.4 Å². The number of carbonyl (C=O) groups is 1. The third kappa shape index (κ3) is 4.77. The molecule has 6 nitrogen and oxygen atoms in total. The number of rotatable bonds is 7. The van der Waals surface area contributed by atoms with E-state index in [0.29, 0.717) is 26.8 Å². The number of hydrogen-bond acceptors (Lipinski definition) is 6. The first-order valence-corrected chi connectivity index (χ1v) is 11.8. The summed E-state index contributed by atoms with van der Waals surface area (Å²) in [7, 11) is 0. The van der Waals surface area contributed by atoms with Crippen LogP contribution in [0, 0.1) is 0 Å². The lowest BCUT2D eigenvalue weighted by Gasteiger charge is -2.13. The number of carbonyl (C=O) groups excluding carboxylic acids is 1. The largest absolute Gasteiger partial charge is 0.303 e. The van der Waals surface area contributed by atoms with Gasteiger partial charge in [0.15, 0.2) is 10.3 Å². The lowest BCUT2D eigenvalue weighted by molar-refractivity contribution is -0.113. The van der Waals surface area contributed by atoms with Crippen LogP contribution in [0.5, 0.6) is 0 Å². The summed E-state index contributed by atoms with van der Waals surface area (Å²) in [6.07, 6.45) is 2.33. The number of aromatic nitrogens is 4. The van der Waals surface area contributed by atoms with Crippen LogP contribution in [0.15, 0.2) is 28.7 Å². The molecule has 1 amide bonds. The van der Waals surface area contributed by atoms with Crippen LogP contribution in [0.1, 0.15) is 44.5 Å². The van der Waals surface area contributed by atoms with Gasteiger partial charge in [-0.1, -0.05) is 35.0 Å². The zero-order valence-electron chi connectivity index (χ0n) is 15.9. The fraction of sp³-hybridized carbons (Fsp3) is 0.368. The van der Waals surface area contributed by atoms with Crippen molar-refractivity contribution in [1.29, 1.82) is 0 Å². The molecule has 0 atom stereocenters. The van der Waals surface area contributed by atoms with E-state index < -0.39 is 0 Å². The van der Waals surface area contributed by atoms with Crippen molar-refractivity contribution in [2.24, 2.45) is 0 Å². The van der Waals surface area contributed by atoms with Gasteiger partial charge in [-0.3, -0.25) is 4.79 Å². The molecule has 0 spiro atoms. The van der Waals surface area contributed by atoms with Crippen LogP contribution in [-0.4, -0.2) is 31.4 Å². The molecule has 4 rings (SSSR count). The first kappa shape index (κ1) is 20.7. The van der Waals surface area contributed by atoms with Crippen molar-refractivity contribution in [3.63, 3.8) is 0 Å². The molecule has 2 heterocycles. The van der Waals surface area contributed by atoms with Crippen LogP contribution < -0.4 is 5.32 Å². The molecule has 0 radical (unpaired) electrons. The monoisotopic (exact) mass is 467 g/mol. The van der Waals surface area contributed by atoms with Gasteiger partial charge in [0, 0.05) is 27.9 Å². The molecule has 1 aliphatic carbocycles. The average Bonchev–Trinajstić information content (AvgIpc) is 3.25. The minimum Gasteiger partial charge on any atom is -0.303 e. The molecule has 0 aliphatic heterocycles. The molecule has 0 unspecified atom stereocenters. The van der Waals surface area contributed by atoms with Gasteiger partial charge < -0.3 is 9.88 Å². The van der Waals surface area contributed by atoms with Gasteiger partial charge in [-0.15, -0.1) is 21.5 Å². The summed E-state index contributed by atoms with van der Waals surface area (Å²) in [6, 6.07) is 5.51. The molecule has 1 aromatic carbocycles. The van der Waals surface area contributed by atoms with E-state index >= 15 is 0 Å². The molecule has 0 saturated heterocycles. The number of benzene rings is 1. The topological polar surface area (TPSA) is 72.7 Å². The third-order valence-electron chi connectivity index (χ3n) is 4.44. The molecular formula is C19H19Cl2N5OS2. The van der Waals surface area contributed by atoms with E-state index in [4.69, 9.17) is 23.2 Å². The van der Waals surface area contributed by atoms with E-state index in [1.54, 1.807) is 12.1 Å². The molecule has 10 heteroatoms. The Balaban J connectivity index is 1.39. The highest BCUT2D eigenvalue weighted by molar-refractivity contribution is 7.99. The second-order valence-electron chi connectivity index (χ2n) is 7.08. The predicted octanol–water partition coefficient (Wildman–Crippen LogP) is 5.90. The van der Waals surface area contributed by atoms with E-state index in [2.05, 4.69) is 38.9 Å². The second-order valence-corrected chi connectivity index (χ2v) is 9.72. The highest BCUT2D eigenvalue weighted by atomic mass is 35.5. The minimum atomic E-state index is -0.135. The lowest BCUT2D eigenvalue weighted by Crippen LogP contribution is -2.15. The Bertz CT molecular complexity index is 1050. The van der Waals surface area contributed by atoms with Crippen LogP contribution in [0.4, 0.5) is 5.13 Å². The molecule has 2 aromatic heterocycles. The number of thiazole rings is 1. The van der Waals surface area contributed by atoms with Crippen LogP contribution >= 0.6 is 46.3 Å². The zero-order chi connectivity index (χ0) is 20.5. The maximum absolute atomic E-state index is 12.4. The Kier molecular flexibility index (Phi) is 6.15. The van der Waals surface area contributed by atoms with Crippen molar-refractivity contribution in [2.75, 3.05) is 11.1 Å². The van der Waals surface area contributed by atoms with E-state index in [-0.39, 0.29) is 17.7 Å². The van der Waals surface area contributed by atoms with Crippen molar-refractivity contribution in [2.45, 2.75) is 43.8 Å². The smallest absolute Gasteiger partial charge is 0.236 e. The van der Waals surface area contributed by atoms with E-state index in [0.717, 1.165) is 16.5 Å². The molecule has 0 bridgehead atoms. The SMILES string of the molecule is CC(C)n1c(SCC(=O)Nc2nc(-c3ccc(Cl)cc3Cl)cs2)nnc1C1CC1. The van der Waals surface area contributed by atoms with Crippen LogP contribution in [-0.2, 0) is 4.79 Å². The van der Waals surface area contributed by atoms with Crippen molar-refractivity contribution < 1.29 is 4.79 Å². The summed E-state index contributed by atoms with van der Waals surface area (Å²) in [4.78, 5) is 16.9. The standard InChI is InChI=1S/C19H19Cl2N5OS2/c1-10(2)26-17(11-3-4-11)24-25-19(26)29-9-16(27)23-18-22-15(8-28-18)13-6-5-12(20)7-14(13)21/h5-8,10-11H,3-4,9H2,1-2H3,(H,22,23,27). The van der Waals surface area contributed by atoms with Crippen LogP contribution in [0.2, 0.25) is 10.0 Å². The average molecular weight is 468 g/mol. The summed E-state index contributed by atoms with van der Waals surface area (Å²) < 4.78 is 2.14. The Morgan fingerprint density at radius 2 is 2.14 bits per heavy atom. The zero-order valence-corrected chi connectivity index (χ0v) is 19.0. The Morgan fingerprint density at radius 3 is 2.83 bits per heavy atom. The summed E-state index contributed by atoms with van der Waals surface area (Å²) in [5, 5.41) is 15.7. The quantitative estimate of drug-likeness (QED) is 0.437. The fourth-order valence-electron chi connectivity index (χ4n) is 2.93. The number of anilines is 1. The van der Waals surface area contributed by atoms with Crippen molar-refractivity contribution in [3.8, 4) is 11.3 Å². The second kappa shape index (κ2) is 8.63. The summed E-state index contributed by atoms with van der Waals surface area (Å²) >= 11 is 14.9. The Hall–Kier alpha value is -1.61. The maximum Gasteiger partial charge on any atom is 0.236 e. The van der Waals surface area contributed by atoms with E-state index in [9.17, 15) is 4.79 Å². The van der Waals surface area contributed by atoms with Gasteiger partial charge >= 0.3 is 0 Å². The van der Waals surface area contributed by atoms with Gasteiger partial charge in [0.2, 0.25) is 5.91 Å². The van der Waals surface area contributed by atoms with Gasteiger partial charge in [-0.05, 0) is 44.9 Å². The molecule has 1 aliphatic rings. The molecule has 152 valence electrons. The highest BCUT2D eigenvalue weighted by Crippen LogP contribution is 2.41. The van der Waals surface area contributed by atoms with Crippen molar-refractivity contribution in [3.05, 3.63) is 39.4 Å². The number of amides is 1. The summed E-state index contributed by atoms with van der Waals surface area (Å²) in [6.45, 7) is 4.22. The molecule has 1 fully saturated rings. The first-order valence-electron chi connectivity index (χ1n) is 9.20. The Morgan fingerprint density at radius 1 is 1.34 bits per heavy atom. The summed E-state index contributed by atoms with van der Waals surface area (Å²) in [5.41, 5.74) is 1.48. The lowest BCUT2D eigenvalue weighted by atomic mass is 10.2. The number of thioether (sulfide) groups is 1. The summed E-state index contributed by atoms with van der Waals surface area (Å²) in [5.74, 6) is 1.66. The Labute approximate surface area is 187 Å². The fourth-order valence-corrected chi connectivity index (χ4v) is 5.04. The van der Waals surface area contributed by atoms with Gasteiger partial charge in [0.1, 0.15) is 5.82 Å². The maximum atomic E-state index is 12.4. The highest BCUT2D eigenvalue weighted by Gasteiger charge is 2.31. The molecule has 1 N–H and O–H groups in total. The number of hydrogen-bond donors (Lipinski definition) is 1. The van der Waals surface area contributed by atoms with Crippen LogP contribution in [0.3, 0.4) is 0 Å². The van der Waals surface area contributed by atoms with Crippen LogP contribution in [0.25, 0.3) is 11.3 Å². The third-order valence-corrected chi connectivity index (χ3v) is 6.69. The number of nitrogens with one attached hydrogen (secondary N) is 1. The molecule has 3 aromatic rings. The number of nitrogens with zero attached hydrogens (tertiary/aromatic N) is 4. The molecule has 29 heavy (non-hydrogen) atoms. The minimum absolute atomic E-state index is 0.135.